The van der Waals surface area contributed by atoms with E-state index in [4.69, 9.17) is 4.74 Å². The second-order valence-electron chi connectivity index (χ2n) is 15.9. The van der Waals surface area contributed by atoms with Crippen molar-refractivity contribution in [2.24, 2.45) is 26.1 Å². The summed E-state index contributed by atoms with van der Waals surface area (Å²) in [4.78, 5) is 88.6. The number of nitrogens with one attached hydrogen (secondary N) is 1. The van der Waals surface area contributed by atoms with Gasteiger partial charge in [0.25, 0.3) is 11.8 Å². The van der Waals surface area contributed by atoms with Crippen LogP contribution in [-0.4, -0.2) is 93.9 Å². The Morgan fingerprint density at radius 2 is 1.63 bits per heavy atom. The number of Topliss-reactive ketones (excluding diaryl/α,β-unsaturated/α-hetero) is 2. The molecule has 0 aliphatic carbocycles. The van der Waals surface area contributed by atoms with Crippen molar-refractivity contribution in [2.45, 2.75) is 45.1 Å². The molecule has 16 heteroatoms. The van der Waals surface area contributed by atoms with Gasteiger partial charge in [-0.3, -0.25) is 33.5 Å². The molecule has 62 heavy (non-hydrogen) atoms. The van der Waals surface area contributed by atoms with E-state index < -0.39 is 5.97 Å². The topological polar surface area (TPSA) is 192 Å². The van der Waals surface area contributed by atoms with Crippen LogP contribution in [0.5, 0.6) is 5.75 Å². The molecule has 6 heterocycles. The highest BCUT2D eigenvalue weighted by atomic mass is 16.5. The van der Waals surface area contributed by atoms with Crippen LogP contribution in [0.1, 0.15) is 88.3 Å². The van der Waals surface area contributed by atoms with Crippen molar-refractivity contribution in [1.29, 1.82) is 0 Å². The van der Waals surface area contributed by atoms with E-state index in [1.54, 1.807) is 107 Å². The van der Waals surface area contributed by atoms with Gasteiger partial charge in [0, 0.05) is 89.4 Å². The van der Waals surface area contributed by atoms with Crippen LogP contribution in [0.15, 0.2) is 90.5 Å². The van der Waals surface area contributed by atoms with Crippen LogP contribution in [0.2, 0.25) is 0 Å². The van der Waals surface area contributed by atoms with E-state index >= 15 is 0 Å². The molecule has 4 aromatic heterocycles. The summed E-state index contributed by atoms with van der Waals surface area (Å²) < 4.78 is 12.3. The number of aryl methyl sites for hydroxylation is 4. The lowest BCUT2D eigenvalue weighted by Gasteiger charge is -2.20. The first kappa shape index (κ1) is 41.1. The van der Waals surface area contributed by atoms with Crippen molar-refractivity contribution < 1.29 is 38.6 Å². The summed E-state index contributed by atoms with van der Waals surface area (Å²) in [7, 11) is 5.10. The first-order chi connectivity index (χ1) is 29.6. The SMILES string of the molecule is C=C1CC2C=Nc3cc(OCCCC(=O)Nc4cn(C)c(C(=O)Cc5cc(C(=O)Cc6cc(C(=O)n7ccc8cc(C(=O)O)ccc87)n(C)c6)n(C)c5)n4)c(C)cc3C(=O)N2C1. The Balaban J connectivity index is 0.832. The summed E-state index contributed by atoms with van der Waals surface area (Å²) in [6.45, 7) is 6.66. The van der Waals surface area contributed by atoms with Crippen LogP contribution in [0, 0.1) is 6.92 Å². The molecule has 2 aliphatic heterocycles. The maximum atomic E-state index is 13.5. The number of carboxylic acid groups (broad SMARTS) is 1. The maximum Gasteiger partial charge on any atom is 0.335 e. The Hall–Kier alpha value is -7.62. The molecule has 1 unspecified atom stereocenters. The quantitative estimate of drug-likeness (QED) is 0.0766. The molecule has 316 valence electrons. The molecule has 0 spiro atoms. The van der Waals surface area contributed by atoms with Gasteiger partial charge in [-0.1, -0.05) is 12.2 Å². The van der Waals surface area contributed by atoms with E-state index in [-0.39, 0.29) is 78.4 Å². The van der Waals surface area contributed by atoms with Crippen molar-refractivity contribution in [3.8, 4) is 5.75 Å². The molecule has 0 saturated carbocycles. The first-order valence-corrected chi connectivity index (χ1v) is 20.0. The minimum absolute atomic E-state index is 0.0107. The third-order valence-electron chi connectivity index (χ3n) is 11.2. The molecular weight excluding hydrogens is 793 g/mol. The van der Waals surface area contributed by atoms with E-state index in [2.05, 4.69) is 21.9 Å². The minimum atomic E-state index is -1.06. The summed E-state index contributed by atoms with van der Waals surface area (Å²) in [6.07, 6.45) is 9.60. The van der Waals surface area contributed by atoms with Crippen LogP contribution in [0.3, 0.4) is 0 Å². The highest BCUT2D eigenvalue weighted by Crippen LogP contribution is 2.35. The fourth-order valence-electron chi connectivity index (χ4n) is 8.09. The Bertz CT molecular complexity index is 2900. The fraction of sp³-hybridized carbons (Fsp3) is 0.261. The lowest BCUT2D eigenvalue weighted by Crippen LogP contribution is -2.35. The number of anilines is 1. The van der Waals surface area contributed by atoms with Gasteiger partial charge >= 0.3 is 5.97 Å². The summed E-state index contributed by atoms with van der Waals surface area (Å²) in [5.41, 5.74) is 5.53. The number of fused-ring (bicyclic) bond motifs is 3. The minimum Gasteiger partial charge on any atom is -0.493 e. The first-order valence-electron chi connectivity index (χ1n) is 20.0. The number of benzene rings is 2. The predicted octanol–water partition coefficient (Wildman–Crippen LogP) is 5.88. The lowest BCUT2D eigenvalue weighted by molar-refractivity contribution is -0.116. The monoisotopic (exact) mass is 836 g/mol. The molecule has 2 aliphatic rings. The molecule has 2 aromatic carbocycles. The highest BCUT2D eigenvalue weighted by molar-refractivity contribution is 6.05. The molecule has 2 N–H and O–H groups in total. The number of nitrogens with zero attached hydrogens (tertiary/aromatic N) is 7. The van der Waals surface area contributed by atoms with E-state index in [0.717, 1.165) is 11.1 Å². The molecule has 0 bridgehead atoms. The molecule has 16 nitrogen and oxygen atoms in total. The number of hydrogen-bond acceptors (Lipinski definition) is 9. The molecule has 2 amide bonds. The fourth-order valence-corrected chi connectivity index (χ4v) is 8.09. The number of ketones is 2. The number of carboxylic acids is 1. The summed E-state index contributed by atoms with van der Waals surface area (Å²) in [5, 5.41) is 12.7. The summed E-state index contributed by atoms with van der Waals surface area (Å²) >= 11 is 0. The third-order valence-corrected chi connectivity index (χ3v) is 11.2. The maximum absolute atomic E-state index is 13.5. The number of carbonyl (C=O) groups is 6. The lowest BCUT2D eigenvalue weighted by atomic mass is 10.1. The van der Waals surface area contributed by atoms with Gasteiger partial charge in [-0.2, -0.15) is 0 Å². The number of aliphatic imine (C=N–C) groups is 1. The number of ether oxygens (including phenoxy) is 1. The third kappa shape index (κ3) is 8.13. The number of imidazole rings is 1. The molecule has 1 saturated heterocycles. The highest BCUT2D eigenvalue weighted by Gasteiger charge is 2.34. The number of aromatic nitrogens is 5. The Morgan fingerprint density at radius 3 is 2.39 bits per heavy atom. The van der Waals surface area contributed by atoms with E-state index in [1.807, 2.05) is 6.92 Å². The molecule has 0 radical (unpaired) electrons. The molecular formula is C46H44N8O8. The molecule has 1 fully saturated rings. The smallest absolute Gasteiger partial charge is 0.335 e. The zero-order valence-corrected chi connectivity index (χ0v) is 34.7. The van der Waals surface area contributed by atoms with Crippen molar-refractivity contribution >= 4 is 63.9 Å². The average Bonchev–Trinajstić information content (AvgIpc) is 4.05. The summed E-state index contributed by atoms with van der Waals surface area (Å²) in [5.74, 6) is -1.30. The zero-order chi connectivity index (χ0) is 44.0. The number of amides is 2. The molecule has 1 atom stereocenters. The molecule has 8 rings (SSSR count). The van der Waals surface area contributed by atoms with Gasteiger partial charge in [-0.15, -0.1) is 0 Å². The van der Waals surface area contributed by atoms with Crippen LogP contribution in [0.25, 0.3) is 10.9 Å². The van der Waals surface area contributed by atoms with Crippen molar-refractivity contribution in [2.75, 3.05) is 18.5 Å². The Labute approximate surface area is 355 Å². The van der Waals surface area contributed by atoms with E-state index in [1.165, 1.54) is 16.7 Å². The standard InChI is InChI=1S/C46H44N8O8/c1-26-13-32-21-47-34-20-40(27(2)14-33(34)44(58)54(32)22-26)62-12-6-7-42(57)48-41-25-52(5)43(49-41)39(56)18-28-15-36(50(3)23-28)38(55)17-29-16-37(51(4)24-29)45(59)53-11-10-30-19-31(46(60)61)8-9-35(30)53/h8-11,14-16,19-21,23-25,32H,1,6-7,12-13,17-18,22H2,2-5H3,(H,48,57)(H,60,61). The second kappa shape index (κ2) is 16.4. The number of carbonyl (C=O) groups excluding carboxylic acids is 5. The van der Waals surface area contributed by atoms with Gasteiger partial charge in [0.1, 0.15) is 11.4 Å². The van der Waals surface area contributed by atoms with Crippen LogP contribution < -0.4 is 10.1 Å². The van der Waals surface area contributed by atoms with Crippen molar-refractivity contribution in [1.82, 2.24) is 28.2 Å². The second-order valence-corrected chi connectivity index (χ2v) is 15.9. The van der Waals surface area contributed by atoms with E-state index in [0.29, 0.717) is 69.8 Å². The number of hydrogen-bond donors (Lipinski definition) is 2. The summed E-state index contributed by atoms with van der Waals surface area (Å²) in [6, 6.07) is 13.0. The Kier molecular flexibility index (Phi) is 10.9. The van der Waals surface area contributed by atoms with Crippen LogP contribution in [-0.2, 0) is 38.8 Å². The predicted molar refractivity (Wildman–Crippen MR) is 230 cm³/mol. The number of rotatable bonds is 14. The van der Waals surface area contributed by atoms with Gasteiger partial charge in [-0.25, -0.2) is 9.78 Å². The normalized spacial score (nSPS) is 14.5. The van der Waals surface area contributed by atoms with Gasteiger partial charge in [-0.05, 0) is 78.9 Å². The zero-order valence-electron chi connectivity index (χ0n) is 34.7. The number of aromatic carboxylic acids is 1. The van der Waals surface area contributed by atoms with Gasteiger partial charge in [0.2, 0.25) is 11.7 Å². The van der Waals surface area contributed by atoms with Crippen LogP contribution in [0.4, 0.5) is 11.5 Å². The van der Waals surface area contributed by atoms with Gasteiger partial charge in [0.05, 0.1) is 40.7 Å². The average molecular weight is 837 g/mol. The van der Waals surface area contributed by atoms with E-state index in [9.17, 15) is 33.9 Å². The molecule has 6 aromatic rings. The van der Waals surface area contributed by atoms with Gasteiger partial charge < -0.3 is 33.8 Å². The van der Waals surface area contributed by atoms with Crippen LogP contribution >= 0.6 is 0 Å². The largest absolute Gasteiger partial charge is 0.493 e. The van der Waals surface area contributed by atoms with Crippen molar-refractivity contribution in [3.05, 3.63) is 130 Å². The van der Waals surface area contributed by atoms with Crippen molar-refractivity contribution in [3.63, 3.8) is 0 Å². The Morgan fingerprint density at radius 1 is 0.903 bits per heavy atom. The van der Waals surface area contributed by atoms with Gasteiger partial charge in [0.15, 0.2) is 17.4 Å².